The molecule has 0 aromatic rings. The lowest BCUT2D eigenvalue weighted by Crippen LogP contribution is -2.43. The highest BCUT2D eigenvalue weighted by atomic mass is 16.4. The molecule has 0 aromatic heterocycles. The van der Waals surface area contributed by atoms with E-state index in [1.165, 1.54) is 19.3 Å². The van der Waals surface area contributed by atoms with Crippen LogP contribution in [-0.2, 0) is 9.59 Å². The molecule has 1 aliphatic carbocycles. The summed E-state index contributed by atoms with van der Waals surface area (Å²) in [6.07, 6.45) is 6.74. The van der Waals surface area contributed by atoms with Crippen LogP contribution in [-0.4, -0.2) is 48.6 Å². The highest BCUT2D eigenvalue weighted by molar-refractivity contribution is 5.83. The van der Waals surface area contributed by atoms with E-state index in [0.29, 0.717) is 25.3 Å². The Labute approximate surface area is 115 Å². The predicted octanol–water partition coefficient (Wildman–Crippen LogP) is 1.48. The number of carbonyl (C=O) groups is 2. The van der Waals surface area contributed by atoms with Gasteiger partial charge in [-0.15, -0.1) is 0 Å². The Morgan fingerprint density at radius 3 is 2.42 bits per heavy atom. The smallest absolute Gasteiger partial charge is 0.326 e. The van der Waals surface area contributed by atoms with Crippen molar-refractivity contribution in [2.24, 2.45) is 5.92 Å². The van der Waals surface area contributed by atoms with E-state index in [9.17, 15) is 14.7 Å². The van der Waals surface area contributed by atoms with Crippen LogP contribution in [0.2, 0.25) is 0 Å². The molecule has 0 saturated heterocycles. The second-order valence-electron chi connectivity index (χ2n) is 5.75. The van der Waals surface area contributed by atoms with Gasteiger partial charge in [0.1, 0.15) is 6.04 Å². The summed E-state index contributed by atoms with van der Waals surface area (Å²) in [5.74, 6) is -0.635. The Balaban J connectivity index is 2.38. The fourth-order valence-electron chi connectivity index (χ4n) is 2.57. The molecule has 0 heterocycles. The van der Waals surface area contributed by atoms with E-state index in [1.54, 1.807) is 0 Å². The Morgan fingerprint density at radius 1 is 1.26 bits per heavy atom. The molecule has 1 rings (SSSR count). The van der Waals surface area contributed by atoms with Crippen molar-refractivity contribution in [3.05, 3.63) is 0 Å². The van der Waals surface area contributed by atoms with Gasteiger partial charge in [-0.1, -0.05) is 32.1 Å². The molecule has 1 aliphatic rings. The van der Waals surface area contributed by atoms with Gasteiger partial charge in [-0.25, -0.2) is 4.79 Å². The molecule has 2 N–H and O–H groups in total. The quantitative estimate of drug-likeness (QED) is 0.735. The first-order valence-corrected chi connectivity index (χ1v) is 7.16. The lowest BCUT2D eigenvalue weighted by molar-refractivity contribution is -0.142. The van der Waals surface area contributed by atoms with E-state index < -0.39 is 12.0 Å². The van der Waals surface area contributed by atoms with Crippen molar-refractivity contribution < 1.29 is 14.7 Å². The molecule has 0 aromatic carbocycles. The second-order valence-corrected chi connectivity index (χ2v) is 5.75. The number of aliphatic carboxylic acids is 1. The van der Waals surface area contributed by atoms with E-state index in [4.69, 9.17) is 0 Å². The molecule has 5 heteroatoms. The number of nitrogens with zero attached hydrogens (tertiary/aromatic N) is 1. The van der Waals surface area contributed by atoms with Gasteiger partial charge in [0.2, 0.25) is 5.91 Å². The maximum atomic E-state index is 11.7. The van der Waals surface area contributed by atoms with Crippen molar-refractivity contribution >= 4 is 11.9 Å². The molecule has 1 amide bonds. The fourth-order valence-corrected chi connectivity index (χ4v) is 2.57. The predicted molar refractivity (Wildman–Crippen MR) is 73.9 cm³/mol. The molecule has 1 fully saturated rings. The Hall–Kier alpha value is -1.10. The highest BCUT2D eigenvalue weighted by Crippen LogP contribution is 2.27. The zero-order valence-electron chi connectivity index (χ0n) is 12.0. The third-order valence-corrected chi connectivity index (χ3v) is 3.71. The van der Waals surface area contributed by atoms with Gasteiger partial charge in [-0.05, 0) is 26.4 Å². The van der Waals surface area contributed by atoms with E-state index in [2.05, 4.69) is 5.32 Å². The van der Waals surface area contributed by atoms with Crippen molar-refractivity contribution in [2.45, 2.75) is 51.0 Å². The summed E-state index contributed by atoms with van der Waals surface area (Å²) in [6, 6.07) is -0.724. The number of carboxylic acid groups (broad SMARTS) is 1. The first-order chi connectivity index (χ1) is 8.99. The summed E-state index contributed by atoms with van der Waals surface area (Å²) < 4.78 is 0. The molecule has 1 atom stereocenters. The second kappa shape index (κ2) is 8.15. The summed E-state index contributed by atoms with van der Waals surface area (Å²) in [4.78, 5) is 24.8. The standard InChI is InChI=1S/C14H26N2O3/c1-16(2)9-8-13(17)15-12(14(18)19)10-11-6-4-3-5-7-11/h11-12H,3-10H2,1-2H3,(H,15,17)(H,18,19)/t12-/m1/s1. The zero-order valence-corrected chi connectivity index (χ0v) is 12.0. The Bertz CT molecular complexity index is 299. The van der Waals surface area contributed by atoms with Crippen molar-refractivity contribution in [2.75, 3.05) is 20.6 Å². The van der Waals surface area contributed by atoms with Crippen LogP contribution >= 0.6 is 0 Å². The first-order valence-electron chi connectivity index (χ1n) is 7.16. The van der Waals surface area contributed by atoms with Gasteiger partial charge in [0, 0.05) is 13.0 Å². The third-order valence-electron chi connectivity index (χ3n) is 3.71. The molecule has 0 radical (unpaired) electrons. The Morgan fingerprint density at radius 2 is 1.89 bits per heavy atom. The topological polar surface area (TPSA) is 69.6 Å². The number of amides is 1. The minimum atomic E-state index is -0.913. The average Bonchev–Trinajstić information content (AvgIpc) is 2.36. The summed E-state index contributed by atoms with van der Waals surface area (Å²) in [5.41, 5.74) is 0. The zero-order chi connectivity index (χ0) is 14.3. The van der Waals surface area contributed by atoms with Crippen LogP contribution in [0.4, 0.5) is 0 Å². The van der Waals surface area contributed by atoms with Crippen LogP contribution in [0.25, 0.3) is 0 Å². The minimum Gasteiger partial charge on any atom is -0.480 e. The van der Waals surface area contributed by atoms with Crippen molar-refractivity contribution in [3.8, 4) is 0 Å². The van der Waals surface area contributed by atoms with Crippen LogP contribution in [0.15, 0.2) is 0 Å². The number of nitrogens with one attached hydrogen (secondary N) is 1. The molecular formula is C14H26N2O3. The van der Waals surface area contributed by atoms with Crippen LogP contribution < -0.4 is 5.32 Å². The van der Waals surface area contributed by atoms with Gasteiger partial charge in [0.25, 0.3) is 0 Å². The van der Waals surface area contributed by atoms with Crippen LogP contribution in [0.1, 0.15) is 44.9 Å². The van der Waals surface area contributed by atoms with E-state index in [0.717, 1.165) is 12.8 Å². The highest BCUT2D eigenvalue weighted by Gasteiger charge is 2.25. The summed E-state index contributed by atoms with van der Waals surface area (Å²) in [5, 5.41) is 11.9. The van der Waals surface area contributed by atoms with E-state index >= 15 is 0 Å². The molecule has 5 nitrogen and oxygen atoms in total. The number of hydrogen-bond acceptors (Lipinski definition) is 3. The lowest BCUT2D eigenvalue weighted by atomic mass is 9.85. The monoisotopic (exact) mass is 270 g/mol. The van der Waals surface area contributed by atoms with Crippen LogP contribution in [0, 0.1) is 5.92 Å². The normalized spacial score (nSPS) is 18.3. The minimum absolute atomic E-state index is 0.170. The van der Waals surface area contributed by atoms with E-state index in [1.807, 2.05) is 19.0 Å². The SMILES string of the molecule is CN(C)CCC(=O)N[C@H](CC1CCCCC1)C(=O)O. The molecule has 19 heavy (non-hydrogen) atoms. The van der Waals surface area contributed by atoms with Gasteiger partial charge in [-0.2, -0.15) is 0 Å². The average molecular weight is 270 g/mol. The van der Waals surface area contributed by atoms with Gasteiger partial charge in [0.15, 0.2) is 0 Å². The molecule has 0 spiro atoms. The fraction of sp³-hybridized carbons (Fsp3) is 0.857. The largest absolute Gasteiger partial charge is 0.480 e. The van der Waals surface area contributed by atoms with Crippen molar-refractivity contribution in [1.82, 2.24) is 10.2 Å². The number of carboxylic acids is 1. The van der Waals surface area contributed by atoms with Crippen LogP contribution in [0.5, 0.6) is 0 Å². The number of carbonyl (C=O) groups excluding carboxylic acids is 1. The third kappa shape index (κ3) is 6.57. The van der Waals surface area contributed by atoms with Gasteiger partial charge < -0.3 is 15.3 Å². The number of hydrogen-bond donors (Lipinski definition) is 2. The summed E-state index contributed by atoms with van der Waals surface area (Å²) >= 11 is 0. The Kier molecular flexibility index (Phi) is 6.84. The van der Waals surface area contributed by atoms with Gasteiger partial charge in [0.05, 0.1) is 0 Å². The maximum Gasteiger partial charge on any atom is 0.326 e. The van der Waals surface area contributed by atoms with Crippen molar-refractivity contribution in [3.63, 3.8) is 0 Å². The molecule has 0 bridgehead atoms. The van der Waals surface area contributed by atoms with Crippen molar-refractivity contribution in [1.29, 1.82) is 0 Å². The molecular weight excluding hydrogens is 244 g/mol. The van der Waals surface area contributed by atoms with Gasteiger partial charge >= 0.3 is 5.97 Å². The molecule has 110 valence electrons. The van der Waals surface area contributed by atoms with Crippen LogP contribution in [0.3, 0.4) is 0 Å². The molecule has 1 saturated carbocycles. The summed E-state index contributed by atoms with van der Waals surface area (Å²) in [7, 11) is 3.79. The molecule has 0 aliphatic heterocycles. The summed E-state index contributed by atoms with van der Waals surface area (Å²) in [6.45, 7) is 0.640. The van der Waals surface area contributed by atoms with E-state index in [-0.39, 0.29) is 5.91 Å². The molecule has 0 unspecified atom stereocenters. The number of rotatable bonds is 7. The maximum absolute atomic E-state index is 11.7. The van der Waals surface area contributed by atoms with Gasteiger partial charge in [-0.3, -0.25) is 4.79 Å². The lowest BCUT2D eigenvalue weighted by Gasteiger charge is -2.25. The first kappa shape index (κ1) is 16.0.